The highest BCUT2D eigenvalue weighted by atomic mass is 32.2. The maximum atomic E-state index is 14.1. The molecule has 0 saturated carbocycles. The third-order valence-corrected chi connectivity index (χ3v) is 5.45. The SMILES string of the molecule is Cn1c(SC2CCc3c(F)ccc(F)c32)nc2cnccc21. The van der Waals surface area contributed by atoms with Crippen molar-refractivity contribution in [1.82, 2.24) is 14.5 Å². The van der Waals surface area contributed by atoms with E-state index in [1.54, 1.807) is 12.4 Å². The fourth-order valence-corrected chi connectivity index (χ4v) is 4.28. The molecular weight excluding hydrogens is 304 g/mol. The van der Waals surface area contributed by atoms with Crippen LogP contribution in [0.5, 0.6) is 0 Å². The van der Waals surface area contributed by atoms with Gasteiger partial charge in [0.05, 0.1) is 11.7 Å². The zero-order valence-electron chi connectivity index (χ0n) is 11.9. The van der Waals surface area contributed by atoms with Crippen LogP contribution >= 0.6 is 11.8 Å². The van der Waals surface area contributed by atoms with Crippen LogP contribution in [0.4, 0.5) is 8.78 Å². The quantitative estimate of drug-likeness (QED) is 0.715. The molecule has 0 bridgehead atoms. The highest BCUT2D eigenvalue weighted by Gasteiger charge is 2.30. The maximum Gasteiger partial charge on any atom is 0.169 e. The van der Waals surface area contributed by atoms with E-state index in [0.29, 0.717) is 17.5 Å². The molecule has 22 heavy (non-hydrogen) atoms. The lowest BCUT2D eigenvalue weighted by Gasteiger charge is -2.12. The zero-order valence-corrected chi connectivity index (χ0v) is 12.7. The number of imidazole rings is 1. The van der Waals surface area contributed by atoms with Crippen molar-refractivity contribution in [3.8, 4) is 0 Å². The van der Waals surface area contributed by atoms with Gasteiger partial charge in [0, 0.05) is 24.1 Å². The summed E-state index contributed by atoms with van der Waals surface area (Å²) in [6, 6.07) is 4.32. The van der Waals surface area contributed by atoms with Crippen molar-refractivity contribution in [3.05, 3.63) is 53.4 Å². The van der Waals surface area contributed by atoms with Gasteiger partial charge in [0.2, 0.25) is 0 Å². The second-order valence-corrected chi connectivity index (χ2v) is 6.55. The fraction of sp³-hybridized carbons (Fsp3) is 0.250. The Morgan fingerprint density at radius 2 is 2.05 bits per heavy atom. The molecule has 1 atom stereocenters. The Morgan fingerprint density at radius 1 is 1.23 bits per heavy atom. The average Bonchev–Trinajstić information content (AvgIpc) is 3.08. The molecule has 3 aromatic rings. The van der Waals surface area contributed by atoms with Gasteiger partial charge in [-0.2, -0.15) is 0 Å². The Labute approximate surface area is 130 Å². The molecule has 0 fully saturated rings. The minimum atomic E-state index is -0.327. The second-order valence-electron chi connectivity index (χ2n) is 5.38. The van der Waals surface area contributed by atoms with Crippen LogP contribution in [0, 0.1) is 11.6 Å². The molecule has 0 aliphatic heterocycles. The van der Waals surface area contributed by atoms with Gasteiger partial charge in [-0.25, -0.2) is 13.8 Å². The third kappa shape index (κ3) is 2.01. The number of benzene rings is 1. The van der Waals surface area contributed by atoms with Gasteiger partial charge >= 0.3 is 0 Å². The van der Waals surface area contributed by atoms with Crippen LogP contribution in [0.15, 0.2) is 35.7 Å². The number of hydrogen-bond donors (Lipinski definition) is 0. The van der Waals surface area contributed by atoms with E-state index in [4.69, 9.17) is 0 Å². The highest BCUT2D eigenvalue weighted by molar-refractivity contribution is 7.99. The summed E-state index contributed by atoms with van der Waals surface area (Å²) in [5.74, 6) is -0.638. The number of nitrogens with zero attached hydrogens (tertiary/aromatic N) is 3. The summed E-state index contributed by atoms with van der Waals surface area (Å²) in [6.45, 7) is 0. The van der Waals surface area contributed by atoms with Gasteiger partial charge in [-0.1, -0.05) is 11.8 Å². The lowest BCUT2D eigenvalue weighted by molar-refractivity contribution is 0.584. The van der Waals surface area contributed by atoms with Gasteiger partial charge in [0.15, 0.2) is 5.16 Å². The number of rotatable bonds is 2. The van der Waals surface area contributed by atoms with Crippen LogP contribution in [0.2, 0.25) is 0 Å². The van der Waals surface area contributed by atoms with Gasteiger partial charge < -0.3 is 4.57 Å². The predicted molar refractivity (Wildman–Crippen MR) is 81.8 cm³/mol. The summed E-state index contributed by atoms with van der Waals surface area (Å²) in [7, 11) is 1.93. The number of pyridine rings is 1. The van der Waals surface area contributed by atoms with Crippen LogP contribution in [-0.2, 0) is 13.5 Å². The Bertz CT molecular complexity index is 875. The van der Waals surface area contributed by atoms with Gasteiger partial charge in [-0.15, -0.1) is 0 Å². The normalized spacial score (nSPS) is 17.1. The molecule has 1 aliphatic carbocycles. The molecule has 0 spiro atoms. The molecule has 4 rings (SSSR count). The predicted octanol–water partition coefficient (Wildman–Crippen LogP) is 4.03. The van der Waals surface area contributed by atoms with Crippen LogP contribution < -0.4 is 0 Å². The van der Waals surface area contributed by atoms with Crippen LogP contribution in [-0.4, -0.2) is 14.5 Å². The van der Waals surface area contributed by atoms with Crippen molar-refractivity contribution >= 4 is 22.8 Å². The van der Waals surface area contributed by atoms with E-state index < -0.39 is 0 Å². The first-order valence-electron chi connectivity index (χ1n) is 7.05. The smallest absolute Gasteiger partial charge is 0.169 e. The first kappa shape index (κ1) is 13.7. The van der Waals surface area contributed by atoms with Crippen molar-refractivity contribution in [3.63, 3.8) is 0 Å². The zero-order chi connectivity index (χ0) is 15.3. The topological polar surface area (TPSA) is 30.7 Å². The molecule has 0 amide bonds. The summed E-state index contributed by atoms with van der Waals surface area (Å²) in [4.78, 5) is 8.61. The molecule has 2 heterocycles. The standard InChI is InChI=1S/C16H13F2N3S/c1-21-13-6-7-19-8-12(13)20-16(21)22-14-5-2-9-10(17)3-4-11(18)15(9)14/h3-4,6-8,14H,2,5H2,1H3. The number of thioether (sulfide) groups is 1. The van der Waals surface area contributed by atoms with Gasteiger partial charge in [-0.3, -0.25) is 4.98 Å². The van der Waals surface area contributed by atoms with Crippen molar-refractivity contribution in [2.75, 3.05) is 0 Å². The number of aromatic nitrogens is 3. The van der Waals surface area contributed by atoms with Crippen LogP contribution in [0.25, 0.3) is 11.0 Å². The summed E-state index contributed by atoms with van der Waals surface area (Å²) in [5.41, 5.74) is 2.80. The monoisotopic (exact) mass is 317 g/mol. The highest BCUT2D eigenvalue weighted by Crippen LogP contribution is 2.46. The molecule has 1 unspecified atom stereocenters. The second kappa shape index (κ2) is 5.05. The molecular formula is C16H13F2N3S. The van der Waals surface area contributed by atoms with E-state index in [-0.39, 0.29) is 16.9 Å². The molecule has 0 saturated heterocycles. The van der Waals surface area contributed by atoms with Gasteiger partial charge in [0.25, 0.3) is 0 Å². The Morgan fingerprint density at radius 3 is 2.86 bits per heavy atom. The Kier molecular flexibility index (Phi) is 3.14. The molecule has 1 aliphatic rings. The van der Waals surface area contributed by atoms with E-state index in [1.165, 1.54) is 23.9 Å². The molecule has 0 radical (unpaired) electrons. The summed E-state index contributed by atoms with van der Waals surface area (Å²) in [5, 5.41) is 0.693. The molecule has 112 valence electrons. The van der Waals surface area contributed by atoms with E-state index in [9.17, 15) is 8.78 Å². The summed E-state index contributed by atoms with van der Waals surface area (Å²) >= 11 is 1.49. The first-order valence-corrected chi connectivity index (χ1v) is 7.93. The average molecular weight is 317 g/mol. The number of aryl methyl sites for hydroxylation is 1. The van der Waals surface area contributed by atoms with Crippen molar-refractivity contribution in [2.24, 2.45) is 7.05 Å². The lowest BCUT2D eigenvalue weighted by Crippen LogP contribution is -1.98. The van der Waals surface area contributed by atoms with Crippen LogP contribution in [0.3, 0.4) is 0 Å². The molecule has 3 nitrogen and oxygen atoms in total. The number of fused-ring (bicyclic) bond motifs is 2. The fourth-order valence-electron chi connectivity index (χ4n) is 3.01. The van der Waals surface area contributed by atoms with Crippen LogP contribution in [0.1, 0.15) is 22.8 Å². The minimum Gasteiger partial charge on any atom is -0.322 e. The molecule has 1 aromatic carbocycles. The number of hydrogen-bond acceptors (Lipinski definition) is 3. The summed E-state index contributed by atoms with van der Waals surface area (Å²) < 4.78 is 29.9. The van der Waals surface area contributed by atoms with E-state index >= 15 is 0 Å². The van der Waals surface area contributed by atoms with Crippen molar-refractivity contribution in [2.45, 2.75) is 23.2 Å². The number of halogens is 2. The minimum absolute atomic E-state index is 0.103. The molecule has 6 heteroatoms. The van der Waals surface area contributed by atoms with Crippen molar-refractivity contribution < 1.29 is 8.78 Å². The Balaban J connectivity index is 1.74. The van der Waals surface area contributed by atoms with E-state index in [2.05, 4.69) is 9.97 Å². The third-order valence-electron chi connectivity index (χ3n) is 4.11. The van der Waals surface area contributed by atoms with E-state index in [1.807, 2.05) is 17.7 Å². The largest absolute Gasteiger partial charge is 0.322 e. The summed E-state index contributed by atoms with van der Waals surface area (Å²) in [6.07, 6.45) is 4.72. The van der Waals surface area contributed by atoms with Gasteiger partial charge in [0.1, 0.15) is 17.2 Å². The molecule has 0 N–H and O–H groups in total. The Hall–Kier alpha value is -1.95. The maximum absolute atomic E-state index is 14.1. The van der Waals surface area contributed by atoms with Crippen molar-refractivity contribution in [1.29, 1.82) is 0 Å². The first-order chi connectivity index (χ1) is 10.6. The lowest BCUT2D eigenvalue weighted by atomic mass is 10.1. The van der Waals surface area contributed by atoms with Gasteiger partial charge in [-0.05, 0) is 36.6 Å². The molecule has 2 aromatic heterocycles. The van der Waals surface area contributed by atoms with E-state index in [0.717, 1.165) is 22.6 Å².